The van der Waals surface area contributed by atoms with E-state index in [1.165, 1.54) is 38.5 Å². The second-order valence-corrected chi connectivity index (χ2v) is 6.27. The summed E-state index contributed by atoms with van der Waals surface area (Å²) < 4.78 is 1.80. The second-order valence-electron chi connectivity index (χ2n) is 6.27. The predicted molar refractivity (Wildman–Crippen MR) is 108 cm³/mol. The van der Waals surface area contributed by atoms with Gasteiger partial charge in [-0.2, -0.15) is 0 Å². The van der Waals surface area contributed by atoms with Crippen molar-refractivity contribution in [2.45, 2.75) is 44.6 Å². The fourth-order valence-corrected chi connectivity index (χ4v) is 3.11. The Bertz CT molecular complexity index is 626. The highest BCUT2D eigenvalue weighted by molar-refractivity contribution is 5.93. The van der Waals surface area contributed by atoms with Gasteiger partial charge in [0.15, 0.2) is 0 Å². The maximum absolute atomic E-state index is 12.2. The lowest BCUT2D eigenvalue weighted by Gasteiger charge is -2.16. The van der Waals surface area contributed by atoms with Gasteiger partial charge < -0.3 is 10.6 Å². The Kier molecular flexibility index (Phi) is 10.2. The minimum Gasteiger partial charge on any atom is -0.351 e. The molecular formula is C18H27Cl2N5O. The van der Waals surface area contributed by atoms with Gasteiger partial charge in [-0.3, -0.25) is 9.36 Å². The molecule has 2 aromatic heterocycles. The number of hydrogen-bond acceptors (Lipinski definition) is 4. The van der Waals surface area contributed by atoms with Crippen LogP contribution in [0.1, 0.15) is 48.9 Å². The van der Waals surface area contributed by atoms with Gasteiger partial charge in [-0.05, 0) is 25.0 Å². The molecule has 0 unspecified atom stereocenters. The molecule has 1 fully saturated rings. The standard InChI is InChI=1S/C18H25N5O.2ClH/c24-18(21-10-9-20-16-5-3-1-2-4-6-16)15-7-8-17(22-13-15)23-12-11-19-14-23;;/h7-8,11-14,16,20H,1-6,9-10H2,(H,21,24);2*1H. The minimum absolute atomic E-state index is 0. The van der Waals surface area contributed by atoms with Gasteiger partial charge in [0.1, 0.15) is 12.1 Å². The van der Waals surface area contributed by atoms with Crippen molar-refractivity contribution in [2.24, 2.45) is 0 Å². The molecule has 1 amide bonds. The largest absolute Gasteiger partial charge is 0.351 e. The molecule has 26 heavy (non-hydrogen) atoms. The molecule has 8 heteroatoms. The Hall–Kier alpha value is -1.63. The van der Waals surface area contributed by atoms with Crippen LogP contribution in [0.25, 0.3) is 5.82 Å². The molecule has 1 aliphatic rings. The molecular weight excluding hydrogens is 373 g/mol. The summed E-state index contributed by atoms with van der Waals surface area (Å²) in [7, 11) is 0. The van der Waals surface area contributed by atoms with E-state index in [0.717, 1.165) is 12.4 Å². The van der Waals surface area contributed by atoms with E-state index in [1.54, 1.807) is 29.4 Å². The molecule has 0 aliphatic heterocycles. The summed E-state index contributed by atoms with van der Waals surface area (Å²) >= 11 is 0. The average Bonchev–Trinajstić information content (AvgIpc) is 3.03. The summed E-state index contributed by atoms with van der Waals surface area (Å²) in [6, 6.07) is 4.22. The molecule has 2 N–H and O–H groups in total. The Morgan fingerprint density at radius 2 is 1.88 bits per heavy atom. The summed E-state index contributed by atoms with van der Waals surface area (Å²) in [4.78, 5) is 20.4. The van der Waals surface area contributed by atoms with Gasteiger partial charge in [0, 0.05) is 37.7 Å². The maximum Gasteiger partial charge on any atom is 0.252 e. The first-order valence-corrected chi connectivity index (χ1v) is 8.79. The third-order valence-electron chi connectivity index (χ3n) is 4.48. The van der Waals surface area contributed by atoms with Gasteiger partial charge >= 0.3 is 0 Å². The number of pyridine rings is 1. The van der Waals surface area contributed by atoms with Gasteiger partial charge in [0.2, 0.25) is 0 Å². The van der Waals surface area contributed by atoms with Crippen molar-refractivity contribution in [1.29, 1.82) is 0 Å². The van der Waals surface area contributed by atoms with E-state index in [2.05, 4.69) is 20.6 Å². The first-order chi connectivity index (χ1) is 11.8. The minimum atomic E-state index is -0.0812. The Morgan fingerprint density at radius 3 is 2.50 bits per heavy atom. The number of amides is 1. The fourth-order valence-electron chi connectivity index (χ4n) is 3.11. The van der Waals surface area contributed by atoms with Crippen LogP contribution in [-0.4, -0.2) is 39.6 Å². The third-order valence-corrected chi connectivity index (χ3v) is 4.48. The van der Waals surface area contributed by atoms with E-state index in [0.29, 0.717) is 18.2 Å². The quantitative estimate of drug-likeness (QED) is 0.577. The summed E-state index contributed by atoms with van der Waals surface area (Å²) in [5, 5.41) is 6.50. The van der Waals surface area contributed by atoms with Crippen LogP contribution in [-0.2, 0) is 0 Å². The Morgan fingerprint density at radius 1 is 1.12 bits per heavy atom. The van der Waals surface area contributed by atoms with Crippen LogP contribution in [0.4, 0.5) is 0 Å². The van der Waals surface area contributed by atoms with Crippen molar-refractivity contribution in [1.82, 2.24) is 25.2 Å². The first kappa shape index (κ1) is 22.4. The number of carbonyl (C=O) groups is 1. The van der Waals surface area contributed by atoms with Crippen LogP contribution >= 0.6 is 24.8 Å². The molecule has 0 spiro atoms. The smallest absolute Gasteiger partial charge is 0.252 e. The van der Waals surface area contributed by atoms with Crippen LogP contribution < -0.4 is 10.6 Å². The molecule has 0 bridgehead atoms. The summed E-state index contributed by atoms with van der Waals surface area (Å²) in [5.41, 5.74) is 0.577. The van der Waals surface area contributed by atoms with Crippen LogP contribution in [0.3, 0.4) is 0 Å². The summed E-state index contributed by atoms with van der Waals surface area (Å²) in [5.74, 6) is 0.668. The predicted octanol–water partition coefficient (Wildman–Crippen LogP) is 3.15. The van der Waals surface area contributed by atoms with Crippen molar-refractivity contribution >= 4 is 30.7 Å². The van der Waals surface area contributed by atoms with E-state index in [9.17, 15) is 4.79 Å². The zero-order chi connectivity index (χ0) is 16.6. The molecule has 0 aromatic carbocycles. The van der Waals surface area contributed by atoms with Crippen molar-refractivity contribution in [3.63, 3.8) is 0 Å². The zero-order valence-corrected chi connectivity index (χ0v) is 16.4. The molecule has 3 rings (SSSR count). The van der Waals surface area contributed by atoms with Crippen molar-refractivity contribution < 1.29 is 4.79 Å². The van der Waals surface area contributed by atoms with Crippen molar-refractivity contribution in [3.8, 4) is 5.82 Å². The molecule has 0 saturated heterocycles. The average molecular weight is 400 g/mol. The van der Waals surface area contributed by atoms with E-state index in [-0.39, 0.29) is 30.7 Å². The van der Waals surface area contributed by atoms with Crippen LogP contribution in [0.15, 0.2) is 37.1 Å². The van der Waals surface area contributed by atoms with Crippen LogP contribution in [0.2, 0.25) is 0 Å². The normalized spacial score (nSPS) is 14.6. The van der Waals surface area contributed by atoms with Crippen molar-refractivity contribution in [3.05, 3.63) is 42.6 Å². The number of nitrogens with one attached hydrogen (secondary N) is 2. The van der Waals surface area contributed by atoms with E-state index < -0.39 is 0 Å². The number of halogens is 2. The monoisotopic (exact) mass is 399 g/mol. The maximum atomic E-state index is 12.2. The van der Waals surface area contributed by atoms with Gasteiger partial charge in [-0.1, -0.05) is 25.7 Å². The fraction of sp³-hybridized carbons (Fsp3) is 0.500. The highest BCUT2D eigenvalue weighted by Gasteiger charge is 2.11. The summed E-state index contributed by atoms with van der Waals surface area (Å²) in [6.07, 6.45) is 14.7. The lowest BCUT2D eigenvalue weighted by Crippen LogP contribution is -2.36. The molecule has 144 valence electrons. The second kappa shape index (κ2) is 11.9. The molecule has 0 atom stereocenters. The summed E-state index contributed by atoms with van der Waals surface area (Å²) in [6.45, 7) is 1.45. The molecule has 1 aliphatic carbocycles. The van der Waals surface area contributed by atoms with Crippen molar-refractivity contribution in [2.75, 3.05) is 13.1 Å². The molecule has 2 aromatic rings. The van der Waals surface area contributed by atoms with E-state index in [4.69, 9.17) is 0 Å². The van der Waals surface area contributed by atoms with Gasteiger partial charge in [-0.25, -0.2) is 9.97 Å². The molecule has 0 radical (unpaired) electrons. The number of aromatic nitrogens is 3. The lowest BCUT2D eigenvalue weighted by molar-refractivity contribution is 0.0953. The van der Waals surface area contributed by atoms with E-state index >= 15 is 0 Å². The van der Waals surface area contributed by atoms with Crippen LogP contribution in [0.5, 0.6) is 0 Å². The molecule has 2 heterocycles. The highest BCUT2D eigenvalue weighted by atomic mass is 35.5. The molecule has 1 saturated carbocycles. The number of hydrogen-bond donors (Lipinski definition) is 2. The number of nitrogens with zero attached hydrogens (tertiary/aromatic N) is 3. The number of rotatable bonds is 6. The van der Waals surface area contributed by atoms with Crippen LogP contribution in [0, 0.1) is 0 Å². The SMILES string of the molecule is Cl.Cl.O=C(NCCNC1CCCCCC1)c1ccc(-n2ccnc2)nc1. The third kappa shape index (κ3) is 6.59. The highest BCUT2D eigenvalue weighted by Crippen LogP contribution is 2.16. The first-order valence-electron chi connectivity index (χ1n) is 8.79. The zero-order valence-electron chi connectivity index (χ0n) is 14.8. The Labute approximate surface area is 167 Å². The Balaban J connectivity index is 0.00000169. The molecule has 6 nitrogen and oxygen atoms in total. The van der Waals surface area contributed by atoms with Gasteiger partial charge in [-0.15, -0.1) is 24.8 Å². The number of imidazole rings is 1. The number of carbonyl (C=O) groups excluding carboxylic acids is 1. The topological polar surface area (TPSA) is 71.8 Å². The lowest BCUT2D eigenvalue weighted by atomic mass is 10.1. The van der Waals surface area contributed by atoms with E-state index in [1.807, 2.05) is 12.3 Å². The van der Waals surface area contributed by atoms with Gasteiger partial charge in [0.25, 0.3) is 5.91 Å². The van der Waals surface area contributed by atoms with Gasteiger partial charge in [0.05, 0.1) is 5.56 Å².